The number of likely N-dealkylation sites (N-methyl/N-ethyl adjacent to an activating group) is 1. The fourth-order valence-electron chi connectivity index (χ4n) is 3.18. The summed E-state index contributed by atoms with van der Waals surface area (Å²) in [5.41, 5.74) is 0.762. The summed E-state index contributed by atoms with van der Waals surface area (Å²) in [5, 5.41) is 15.5. The van der Waals surface area contributed by atoms with E-state index in [1.54, 1.807) is 4.52 Å². The van der Waals surface area contributed by atoms with Crippen molar-refractivity contribution in [3.05, 3.63) is 18.0 Å². The van der Waals surface area contributed by atoms with Gasteiger partial charge in [0.1, 0.15) is 5.82 Å². The van der Waals surface area contributed by atoms with Gasteiger partial charge in [-0.3, -0.25) is 9.69 Å². The number of nitrogens with one attached hydrogen (secondary N) is 1. The molecular weight excluding hydrogens is 282 g/mol. The number of fused-ring (bicyclic) bond motifs is 1. The number of aromatic nitrogens is 4. The zero-order chi connectivity index (χ0) is 15.3. The second-order valence-electron chi connectivity index (χ2n) is 6.03. The molecule has 0 radical (unpaired) electrons. The average molecular weight is 301 g/mol. The lowest BCUT2D eigenvalue weighted by Crippen LogP contribution is -2.61. The molecule has 4 heterocycles. The van der Waals surface area contributed by atoms with E-state index in [-0.39, 0.29) is 11.9 Å². The second kappa shape index (κ2) is 4.91. The Hall–Kier alpha value is -2.22. The number of rotatable bonds is 3. The number of nitrogens with zero attached hydrogens (tertiary/aromatic N) is 6. The number of carbonyl (C=O) groups excluding carboxylic acids is 1. The van der Waals surface area contributed by atoms with Gasteiger partial charge in [-0.15, -0.1) is 15.3 Å². The van der Waals surface area contributed by atoms with Gasteiger partial charge in [-0.2, -0.15) is 4.52 Å². The maximum Gasteiger partial charge on any atom is 0.237 e. The molecule has 4 rings (SSSR count). The Bertz CT molecular complexity index is 721. The quantitative estimate of drug-likeness (QED) is 0.819. The molecule has 0 aromatic carbocycles. The summed E-state index contributed by atoms with van der Waals surface area (Å²) in [6.45, 7) is 4.46. The highest BCUT2D eigenvalue weighted by Gasteiger charge is 2.38. The van der Waals surface area contributed by atoms with Crippen molar-refractivity contribution in [1.82, 2.24) is 30.0 Å². The minimum atomic E-state index is 0.0164. The van der Waals surface area contributed by atoms with Crippen molar-refractivity contribution >= 4 is 17.4 Å². The lowest BCUT2D eigenvalue weighted by molar-refractivity contribution is -0.124. The van der Waals surface area contributed by atoms with Gasteiger partial charge in [0.2, 0.25) is 5.91 Å². The monoisotopic (exact) mass is 301 g/mol. The van der Waals surface area contributed by atoms with E-state index < -0.39 is 0 Å². The third-order valence-corrected chi connectivity index (χ3v) is 4.68. The van der Waals surface area contributed by atoms with Crippen LogP contribution in [0.2, 0.25) is 0 Å². The van der Waals surface area contributed by atoms with Crippen LogP contribution in [0.1, 0.15) is 12.2 Å². The summed E-state index contributed by atoms with van der Waals surface area (Å²) in [6.07, 6.45) is 0.899. The van der Waals surface area contributed by atoms with Crippen LogP contribution >= 0.6 is 0 Å². The zero-order valence-corrected chi connectivity index (χ0v) is 12.7. The molecule has 116 valence electrons. The Morgan fingerprint density at radius 3 is 2.86 bits per heavy atom. The SMILES string of the molecule is Cc1nnc2ccc(N3CC(N(C)C4CCNC4=O)C3)nn12. The lowest BCUT2D eigenvalue weighted by atomic mass is 10.0. The number of hydrogen-bond acceptors (Lipinski definition) is 6. The predicted molar refractivity (Wildman–Crippen MR) is 80.7 cm³/mol. The van der Waals surface area contributed by atoms with Crippen molar-refractivity contribution in [3.63, 3.8) is 0 Å². The maximum absolute atomic E-state index is 11.8. The first kappa shape index (κ1) is 13.4. The zero-order valence-electron chi connectivity index (χ0n) is 12.7. The first-order valence-electron chi connectivity index (χ1n) is 7.57. The molecule has 0 spiro atoms. The van der Waals surface area contributed by atoms with E-state index in [0.717, 1.165) is 43.3 Å². The molecule has 0 bridgehead atoms. The molecule has 2 saturated heterocycles. The maximum atomic E-state index is 11.8. The fraction of sp³-hybridized carbons (Fsp3) is 0.571. The first-order chi connectivity index (χ1) is 10.6. The number of anilines is 1. The predicted octanol–water partition coefficient (Wildman–Crippen LogP) is -0.558. The molecule has 1 unspecified atom stereocenters. The average Bonchev–Trinajstić information content (AvgIpc) is 3.04. The molecule has 8 nitrogen and oxygen atoms in total. The highest BCUT2D eigenvalue weighted by atomic mass is 16.2. The summed E-state index contributed by atoms with van der Waals surface area (Å²) >= 11 is 0. The summed E-state index contributed by atoms with van der Waals surface area (Å²) in [6, 6.07) is 4.32. The number of amides is 1. The molecular formula is C14H19N7O. The van der Waals surface area contributed by atoms with Crippen LogP contribution in [0.5, 0.6) is 0 Å². The van der Waals surface area contributed by atoms with Crippen molar-refractivity contribution in [2.24, 2.45) is 0 Å². The minimum absolute atomic E-state index is 0.0164. The van der Waals surface area contributed by atoms with Crippen LogP contribution in [-0.4, -0.2) is 69.4 Å². The summed E-state index contributed by atoms with van der Waals surface area (Å²) in [4.78, 5) is 16.2. The van der Waals surface area contributed by atoms with Gasteiger partial charge < -0.3 is 10.2 Å². The van der Waals surface area contributed by atoms with Crippen LogP contribution in [0.4, 0.5) is 5.82 Å². The normalized spacial score (nSPS) is 22.4. The van der Waals surface area contributed by atoms with E-state index >= 15 is 0 Å². The van der Waals surface area contributed by atoms with Gasteiger partial charge in [-0.05, 0) is 32.5 Å². The van der Waals surface area contributed by atoms with Crippen molar-refractivity contribution in [1.29, 1.82) is 0 Å². The van der Waals surface area contributed by atoms with Crippen LogP contribution in [0.3, 0.4) is 0 Å². The van der Waals surface area contributed by atoms with E-state index in [2.05, 4.69) is 30.4 Å². The molecule has 2 aliphatic rings. The molecule has 0 saturated carbocycles. The van der Waals surface area contributed by atoms with Crippen molar-refractivity contribution in [2.45, 2.75) is 25.4 Å². The van der Waals surface area contributed by atoms with Gasteiger partial charge in [0.05, 0.1) is 6.04 Å². The second-order valence-corrected chi connectivity index (χ2v) is 6.03. The summed E-state index contributed by atoms with van der Waals surface area (Å²) in [5.74, 6) is 1.87. The summed E-state index contributed by atoms with van der Waals surface area (Å²) < 4.78 is 1.76. The van der Waals surface area contributed by atoms with Crippen molar-refractivity contribution in [2.75, 3.05) is 31.6 Å². The molecule has 2 aromatic rings. The Kier molecular flexibility index (Phi) is 3.00. The van der Waals surface area contributed by atoms with Gasteiger partial charge >= 0.3 is 0 Å². The molecule has 22 heavy (non-hydrogen) atoms. The third kappa shape index (κ3) is 2.02. The Balaban J connectivity index is 1.45. The molecule has 1 amide bonds. The Labute approximate surface area is 128 Å². The van der Waals surface area contributed by atoms with E-state index in [0.29, 0.717) is 6.04 Å². The van der Waals surface area contributed by atoms with Crippen molar-refractivity contribution < 1.29 is 4.79 Å². The van der Waals surface area contributed by atoms with Gasteiger partial charge in [-0.25, -0.2) is 0 Å². The fourth-order valence-corrected chi connectivity index (χ4v) is 3.18. The van der Waals surface area contributed by atoms with Crippen molar-refractivity contribution in [3.8, 4) is 0 Å². The number of hydrogen-bond donors (Lipinski definition) is 1. The van der Waals surface area contributed by atoms with Crippen LogP contribution in [0.25, 0.3) is 5.65 Å². The van der Waals surface area contributed by atoms with E-state index in [1.165, 1.54) is 0 Å². The standard InChI is InChI=1S/C14H19N7O/c1-9-16-17-12-3-4-13(18-21(9)12)20-7-10(8-20)19(2)11-5-6-15-14(11)22/h3-4,10-11H,5-8H2,1-2H3,(H,15,22). The van der Waals surface area contributed by atoms with Crippen LogP contribution in [0, 0.1) is 6.92 Å². The van der Waals surface area contributed by atoms with Gasteiger partial charge in [0.15, 0.2) is 11.5 Å². The highest BCUT2D eigenvalue weighted by molar-refractivity contribution is 5.83. The molecule has 8 heteroatoms. The number of carbonyl (C=O) groups is 1. The summed E-state index contributed by atoms with van der Waals surface area (Å²) in [7, 11) is 2.04. The number of aryl methyl sites for hydroxylation is 1. The topological polar surface area (TPSA) is 78.7 Å². The van der Waals surface area contributed by atoms with Gasteiger partial charge in [0, 0.05) is 25.7 Å². The first-order valence-corrected chi connectivity index (χ1v) is 7.57. The molecule has 1 N–H and O–H groups in total. The van der Waals surface area contributed by atoms with Crippen LogP contribution < -0.4 is 10.2 Å². The van der Waals surface area contributed by atoms with Crippen LogP contribution in [-0.2, 0) is 4.79 Å². The largest absolute Gasteiger partial charge is 0.355 e. The third-order valence-electron chi connectivity index (χ3n) is 4.68. The highest BCUT2D eigenvalue weighted by Crippen LogP contribution is 2.24. The molecule has 2 fully saturated rings. The Morgan fingerprint density at radius 2 is 2.14 bits per heavy atom. The van der Waals surface area contributed by atoms with E-state index in [9.17, 15) is 4.79 Å². The van der Waals surface area contributed by atoms with Gasteiger partial charge in [0.25, 0.3) is 0 Å². The van der Waals surface area contributed by atoms with E-state index in [4.69, 9.17) is 0 Å². The molecule has 2 aromatic heterocycles. The molecule has 0 aliphatic carbocycles. The lowest BCUT2D eigenvalue weighted by Gasteiger charge is -2.46. The molecule has 2 aliphatic heterocycles. The van der Waals surface area contributed by atoms with Crippen LogP contribution in [0.15, 0.2) is 12.1 Å². The Morgan fingerprint density at radius 1 is 1.32 bits per heavy atom. The minimum Gasteiger partial charge on any atom is -0.355 e. The van der Waals surface area contributed by atoms with Gasteiger partial charge in [-0.1, -0.05) is 0 Å². The van der Waals surface area contributed by atoms with E-state index in [1.807, 2.05) is 26.1 Å². The molecule has 1 atom stereocenters. The smallest absolute Gasteiger partial charge is 0.237 e.